The molecule has 0 aliphatic heterocycles. The Kier molecular flexibility index (Phi) is 3.73. The summed E-state index contributed by atoms with van der Waals surface area (Å²) < 4.78 is 6.17. The highest BCUT2D eigenvalue weighted by atomic mass is 32.1. The van der Waals surface area contributed by atoms with Crippen LogP contribution in [0.25, 0.3) is 0 Å². The molecule has 18 heavy (non-hydrogen) atoms. The standard InChI is InChI=1S/C15H23NOS/c16-13-10-14(17-11-12-6-5-9-18-12)15(13)7-3-1-2-4-8-15/h5-6,9,13-14H,1-4,7-8,10-11,16H2. The van der Waals surface area contributed by atoms with E-state index in [1.165, 1.54) is 43.4 Å². The Morgan fingerprint density at radius 2 is 2.06 bits per heavy atom. The number of thiophene rings is 1. The van der Waals surface area contributed by atoms with Gasteiger partial charge in [-0.1, -0.05) is 31.7 Å². The van der Waals surface area contributed by atoms with Crippen molar-refractivity contribution in [1.29, 1.82) is 0 Å². The molecule has 2 nitrogen and oxygen atoms in total. The molecule has 1 aromatic heterocycles. The van der Waals surface area contributed by atoms with Crippen LogP contribution in [-0.4, -0.2) is 12.1 Å². The molecular weight excluding hydrogens is 242 g/mol. The van der Waals surface area contributed by atoms with E-state index in [2.05, 4.69) is 17.5 Å². The van der Waals surface area contributed by atoms with E-state index in [0.29, 0.717) is 17.6 Å². The fourth-order valence-corrected chi connectivity index (χ4v) is 4.29. The van der Waals surface area contributed by atoms with Crippen LogP contribution in [-0.2, 0) is 11.3 Å². The van der Waals surface area contributed by atoms with Crippen molar-refractivity contribution in [3.63, 3.8) is 0 Å². The van der Waals surface area contributed by atoms with Crippen molar-refractivity contribution < 1.29 is 4.74 Å². The molecule has 3 rings (SSSR count). The lowest BCUT2D eigenvalue weighted by Gasteiger charge is -2.54. The van der Waals surface area contributed by atoms with Gasteiger partial charge in [0, 0.05) is 16.3 Å². The zero-order valence-electron chi connectivity index (χ0n) is 10.9. The summed E-state index contributed by atoms with van der Waals surface area (Å²) in [6, 6.07) is 4.63. The predicted octanol–water partition coefficient (Wildman–Crippen LogP) is 3.70. The number of hydrogen-bond donors (Lipinski definition) is 1. The van der Waals surface area contributed by atoms with Crippen LogP contribution in [0.3, 0.4) is 0 Å². The Balaban J connectivity index is 1.61. The molecule has 2 fully saturated rings. The number of nitrogens with two attached hydrogens (primary N) is 1. The molecule has 2 atom stereocenters. The maximum Gasteiger partial charge on any atom is 0.0813 e. The van der Waals surface area contributed by atoms with Crippen LogP contribution in [0.15, 0.2) is 17.5 Å². The lowest BCUT2D eigenvalue weighted by Crippen LogP contribution is -2.62. The summed E-state index contributed by atoms with van der Waals surface area (Å²) in [4.78, 5) is 1.33. The smallest absolute Gasteiger partial charge is 0.0813 e. The van der Waals surface area contributed by atoms with Crippen LogP contribution in [0.4, 0.5) is 0 Å². The quantitative estimate of drug-likeness (QED) is 0.904. The van der Waals surface area contributed by atoms with Crippen LogP contribution in [0, 0.1) is 5.41 Å². The first-order valence-corrected chi connectivity index (χ1v) is 8.09. The van der Waals surface area contributed by atoms with Gasteiger partial charge in [-0.15, -0.1) is 11.3 Å². The average Bonchev–Trinajstić information content (AvgIpc) is 2.75. The van der Waals surface area contributed by atoms with E-state index in [9.17, 15) is 0 Å². The molecule has 3 heteroatoms. The molecule has 0 saturated heterocycles. The maximum atomic E-state index is 6.32. The van der Waals surface area contributed by atoms with Crippen molar-refractivity contribution in [2.45, 2.75) is 63.7 Å². The van der Waals surface area contributed by atoms with Crippen LogP contribution in [0.5, 0.6) is 0 Å². The van der Waals surface area contributed by atoms with E-state index in [1.54, 1.807) is 11.3 Å². The van der Waals surface area contributed by atoms with Crippen molar-refractivity contribution >= 4 is 11.3 Å². The summed E-state index contributed by atoms with van der Waals surface area (Å²) in [5, 5.41) is 2.12. The van der Waals surface area contributed by atoms with Gasteiger partial charge in [-0.05, 0) is 30.7 Å². The molecule has 100 valence electrons. The summed E-state index contributed by atoms with van der Waals surface area (Å²) in [5.74, 6) is 0. The molecule has 1 spiro atoms. The van der Waals surface area contributed by atoms with Crippen LogP contribution >= 0.6 is 11.3 Å². The molecule has 1 heterocycles. The van der Waals surface area contributed by atoms with Gasteiger partial charge in [0.1, 0.15) is 0 Å². The molecule has 0 aromatic carbocycles. The van der Waals surface area contributed by atoms with Gasteiger partial charge in [-0.25, -0.2) is 0 Å². The number of ether oxygens (including phenoxy) is 1. The Labute approximate surface area is 114 Å². The number of hydrogen-bond acceptors (Lipinski definition) is 3. The highest BCUT2D eigenvalue weighted by Crippen LogP contribution is 2.51. The fourth-order valence-electron chi connectivity index (χ4n) is 3.67. The van der Waals surface area contributed by atoms with Crippen LogP contribution in [0.1, 0.15) is 49.8 Å². The van der Waals surface area contributed by atoms with Gasteiger partial charge < -0.3 is 10.5 Å². The number of rotatable bonds is 3. The van der Waals surface area contributed by atoms with E-state index >= 15 is 0 Å². The summed E-state index contributed by atoms with van der Waals surface area (Å²) in [6.07, 6.45) is 9.47. The van der Waals surface area contributed by atoms with E-state index in [4.69, 9.17) is 10.5 Å². The van der Waals surface area contributed by atoms with Gasteiger partial charge in [-0.3, -0.25) is 0 Å². The summed E-state index contributed by atoms with van der Waals surface area (Å²) in [6.45, 7) is 0.775. The van der Waals surface area contributed by atoms with Crippen molar-refractivity contribution in [3.8, 4) is 0 Å². The summed E-state index contributed by atoms with van der Waals surface area (Å²) in [5.41, 5.74) is 6.63. The second-order valence-electron chi connectivity index (χ2n) is 5.87. The van der Waals surface area contributed by atoms with Crippen molar-refractivity contribution in [1.82, 2.24) is 0 Å². The molecule has 2 N–H and O–H groups in total. The molecule has 1 aromatic rings. The molecule has 0 radical (unpaired) electrons. The van der Waals surface area contributed by atoms with E-state index in [-0.39, 0.29) is 0 Å². The molecule has 2 saturated carbocycles. The fraction of sp³-hybridized carbons (Fsp3) is 0.733. The van der Waals surface area contributed by atoms with Gasteiger partial charge in [0.15, 0.2) is 0 Å². The molecule has 0 amide bonds. The minimum Gasteiger partial charge on any atom is -0.372 e. The lowest BCUT2D eigenvalue weighted by atomic mass is 9.58. The molecule has 2 aliphatic carbocycles. The zero-order valence-corrected chi connectivity index (χ0v) is 11.8. The van der Waals surface area contributed by atoms with Gasteiger partial charge in [0.05, 0.1) is 12.7 Å². The second kappa shape index (κ2) is 5.32. The third-order valence-corrected chi connectivity index (χ3v) is 5.74. The highest BCUT2D eigenvalue weighted by molar-refractivity contribution is 7.09. The van der Waals surface area contributed by atoms with Crippen LogP contribution < -0.4 is 5.73 Å². The first-order chi connectivity index (χ1) is 8.81. The Morgan fingerprint density at radius 1 is 1.28 bits per heavy atom. The Hall–Kier alpha value is -0.380. The average molecular weight is 265 g/mol. The van der Waals surface area contributed by atoms with Gasteiger partial charge >= 0.3 is 0 Å². The van der Waals surface area contributed by atoms with Crippen molar-refractivity contribution in [3.05, 3.63) is 22.4 Å². The molecule has 0 bridgehead atoms. The Bertz CT molecular complexity index is 368. The molecular formula is C15H23NOS. The van der Waals surface area contributed by atoms with E-state index < -0.39 is 0 Å². The summed E-state index contributed by atoms with van der Waals surface area (Å²) in [7, 11) is 0. The van der Waals surface area contributed by atoms with E-state index in [1.807, 2.05) is 0 Å². The monoisotopic (exact) mass is 265 g/mol. The highest BCUT2D eigenvalue weighted by Gasteiger charge is 2.53. The minimum atomic E-state index is 0.313. The first kappa shape index (κ1) is 12.6. The van der Waals surface area contributed by atoms with Crippen molar-refractivity contribution in [2.75, 3.05) is 0 Å². The zero-order chi connectivity index (χ0) is 12.4. The first-order valence-electron chi connectivity index (χ1n) is 7.21. The summed E-state index contributed by atoms with van der Waals surface area (Å²) >= 11 is 1.78. The third kappa shape index (κ3) is 2.24. The van der Waals surface area contributed by atoms with Crippen molar-refractivity contribution in [2.24, 2.45) is 11.1 Å². The topological polar surface area (TPSA) is 35.2 Å². The lowest BCUT2D eigenvalue weighted by molar-refractivity contribution is -0.140. The second-order valence-corrected chi connectivity index (χ2v) is 6.90. The molecule has 2 aliphatic rings. The van der Waals surface area contributed by atoms with Gasteiger partial charge in [0.2, 0.25) is 0 Å². The minimum absolute atomic E-state index is 0.313. The van der Waals surface area contributed by atoms with Crippen LogP contribution in [0.2, 0.25) is 0 Å². The maximum absolute atomic E-state index is 6.32. The normalized spacial score (nSPS) is 30.9. The van der Waals surface area contributed by atoms with Gasteiger partial charge in [0.25, 0.3) is 0 Å². The van der Waals surface area contributed by atoms with Gasteiger partial charge in [-0.2, -0.15) is 0 Å². The largest absolute Gasteiger partial charge is 0.372 e. The van der Waals surface area contributed by atoms with E-state index in [0.717, 1.165) is 13.0 Å². The SMILES string of the molecule is NC1CC(OCc2cccs2)C12CCCCCC2. The predicted molar refractivity (Wildman–Crippen MR) is 75.6 cm³/mol. The molecule has 2 unspecified atom stereocenters. The third-order valence-electron chi connectivity index (χ3n) is 4.89. The Morgan fingerprint density at radius 3 is 2.67 bits per heavy atom.